The van der Waals surface area contributed by atoms with Gasteiger partial charge in [-0.3, -0.25) is 4.79 Å². The molecule has 0 aromatic carbocycles. The predicted octanol–water partition coefficient (Wildman–Crippen LogP) is 0.516. The summed E-state index contributed by atoms with van der Waals surface area (Å²) in [6.07, 6.45) is 0.922. The first-order valence-corrected chi connectivity index (χ1v) is 4.91. The van der Waals surface area contributed by atoms with Crippen molar-refractivity contribution in [3.63, 3.8) is 0 Å². The van der Waals surface area contributed by atoms with Gasteiger partial charge >= 0.3 is 5.97 Å². The van der Waals surface area contributed by atoms with Gasteiger partial charge < -0.3 is 14.4 Å². The van der Waals surface area contributed by atoms with Crippen LogP contribution in [-0.4, -0.2) is 51.3 Å². The molecule has 0 aromatic heterocycles. The van der Waals surface area contributed by atoms with E-state index in [9.17, 15) is 4.79 Å². The van der Waals surface area contributed by atoms with Crippen molar-refractivity contribution in [1.29, 1.82) is 0 Å². The van der Waals surface area contributed by atoms with Crippen molar-refractivity contribution in [2.24, 2.45) is 5.41 Å². The Bertz CT molecular complexity index is 211. The smallest absolute Gasteiger partial charge is 0.318 e. The van der Waals surface area contributed by atoms with Crippen molar-refractivity contribution in [2.75, 3.05) is 34.4 Å². The molecule has 1 rings (SSSR count). The monoisotopic (exact) mass is 201 g/mol. The van der Waals surface area contributed by atoms with Crippen LogP contribution in [0.1, 0.15) is 13.3 Å². The van der Waals surface area contributed by atoms with Crippen molar-refractivity contribution in [3.8, 4) is 0 Å². The highest BCUT2D eigenvalue weighted by Gasteiger charge is 2.53. The van der Waals surface area contributed by atoms with Crippen molar-refractivity contribution in [3.05, 3.63) is 0 Å². The van der Waals surface area contributed by atoms with Crippen LogP contribution in [0.4, 0.5) is 0 Å². The zero-order valence-electron chi connectivity index (χ0n) is 9.37. The maximum atomic E-state index is 11.7. The van der Waals surface area contributed by atoms with Gasteiger partial charge in [-0.1, -0.05) is 6.92 Å². The molecule has 0 amide bonds. The quantitative estimate of drug-likeness (QED) is 0.621. The highest BCUT2D eigenvalue weighted by Crippen LogP contribution is 2.36. The molecule has 14 heavy (non-hydrogen) atoms. The number of hydrogen-bond donors (Lipinski definition) is 0. The van der Waals surface area contributed by atoms with E-state index in [1.807, 2.05) is 14.1 Å². The molecule has 1 unspecified atom stereocenters. The van der Waals surface area contributed by atoms with E-state index < -0.39 is 5.41 Å². The molecular weight excluding hydrogens is 182 g/mol. The van der Waals surface area contributed by atoms with Gasteiger partial charge in [0.05, 0.1) is 20.3 Å². The summed E-state index contributed by atoms with van der Waals surface area (Å²) in [5.41, 5.74) is -0.438. The lowest BCUT2D eigenvalue weighted by atomic mass is 9.76. The zero-order valence-corrected chi connectivity index (χ0v) is 9.37. The van der Waals surface area contributed by atoms with Crippen LogP contribution in [0.2, 0.25) is 0 Å². The minimum Gasteiger partial charge on any atom is -0.468 e. The Morgan fingerprint density at radius 2 is 2.14 bits per heavy atom. The van der Waals surface area contributed by atoms with Crippen LogP contribution >= 0.6 is 0 Å². The third kappa shape index (κ3) is 1.64. The van der Waals surface area contributed by atoms with Crippen molar-refractivity contribution in [1.82, 2.24) is 4.90 Å². The zero-order chi connectivity index (χ0) is 10.8. The molecule has 0 N–H and O–H groups in total. The molecule has 4 nitrogen and oxygen atoms in total. The summed E-state index contributed by atoms with van der Waals surface area (Å²) in [7, 11) is 5.40. The number of ether oxygens (including phenoxy) is 2. The molecule has 4 heteroatoms. The fourth-order valence-electron chi connectivity index (χ4n) is 2.22. The second-order valence-corrected chi connectivity index (χ2v) is 4.03. The molecule has 0 aliphatic carbocycles. The Morgan fingerprint density at radius 3 is 2.36 bits per heavy atom. The standard InChI is InChI=1S/C10H19NO3/c1-5-8(11(2)3)10(6-14-7-10)9(12)13-4/h8H,5-7H2,1-4H3. The minimum atomic E-state index is -0.438. The molecule has 1 aliphatic heterocycles. The van der Waals surface area contributed by atoms with Gasteiger partial charge in [-0.2, -0.15) is 0 Å². The van der Waals surface area contributed by atoms with E-state index in [0.29, 0.717) is 13.2 Å². The SMILES string of the molecule is CCC(N(C)C)C1(C(=O)OC)COC1. The first kappa shape index (κ1) is 11.5. The van der Waals surface area contributed by atoms with Crippen LogP contribution in [0.25, 0.3) is 0 Å². The highest BCUT2D eigenvalue weighted by molar-refractivity contribution is 5.79. The summed E-state index contributed by atoms with van der Waals surface area (Å²) in [6, 6.07) is 0.198. The normalized spacial score (nSPS) is 21.5. The average Bonchev–Trinajstić information content (AvgIpc) is 2.09. The molecule has 0 bridgehead atoms. The number of esters is 1. The Balaban J connectivity index is 2.82. The lowest BCUT2D eigenvalue weighted by molar-refractivity contribution is -0.196. The summed E-state index contributed by atoms with van der Waals surface area (Å²) in [5, 5.41) is 0. The summed E-state index contributed by atoms with van der Waals surface area (Å²) in [4.78, 5) is 13.8. The second kappa shape index (κ2) is 4.28. The molecule has 0 spiro atoms. The Morgan fingerprint density at radius 1 is 1.57 bits per heavy atom. The molecule has 1 atom stereocenters. The molecule has 1 fully saturated rings. The Hall–Kier alpha value is -0.610. The van der Waals surface area contributed by atoms with Gasteiger partial charge in [-0.15, -0.1) is 0 Å². The molecule has 82 valence electrons. The maximum Gasteiger partial charge on any atom is 0.318 e. The summed E-state index contributed by atoms with van der Waals surface area (Å²) in [5.74, 6) is -0.149. The fraction of sp³-hybridized carbons (Fsp3) is 0.900. The largest absolute Gasteiger partial charge is 0.468 e. The Kier molecular flexibility index (Phi) is 3.50. The number of nitrogens with zero attached hydrogens (tertiary/aromatic N) is 1. The van der Waals surface area contributed by atoms with Crippen molar-refractivity contribution >= 4 is 5.97 Å². The van der Waals surface area contributed by atoms with Crippen molar-refractivity contribution in [2.45, 2.75) is 19.4 Å². The van der Waals surface area contributed by atoms with Gasteiger partial charge in [0, 0.05) is 6.04 Å². The van der Waals surface area contributed by atoms with E-state index in [-0.39, 0.29) is 12.0 Å². The number of hydrogen-bond acceptors (Lipinski definition) is 4. The summed E-state index contributed by atoms with van der Waals surface area (Å²) in [6.45, 7) is 3.04. The minimum absolute atomic E-state index is 0.149. The van der Waals surface area contributed by atoms with E-state index >= 15 is 0 Å². The summed E-state index contributed by atoms with van der Waals surface area (Å²) >= 11 is 0. The first-order valence-electron chi connectivity index (χ1n) is 4.91. The van der Waals surface area contributed by atoms with Crippen LogP contribution in [-0.2, 0) is 14.3 Å². The second-order valence-electron chi connectivity index (χ2n) is 4.03. The third-order valence-electron chi connectivity index (χ3n) is 2.96. The van der Waals surface area contributed by atoms with Gasteiger partial charge in [0.25, 0.3) is 0 Å². The molecule has 0 saturated carbocycles. The lowest BCUT2D eigenvalue weighted by Gasteiger charge is -2.46. The molecule has 1 aliphatic rings. The fourth-order valence-corrected chi connectivity index (χ4v) is 2.22. The third-order valence-corrected chi connectivity index (χ3v) is 2.96. The van der Waals surface area contributed by atoms with Crippen molar-refractivity contribution < 1.29 is 14.3 Å². The number of methoxy groups -OCH3 is 1. The van der Waals surface area contributed by atoms with Crippen LogP contribution in [0.3, 0.4) is 0 Å². The van der Waals surface area contributed by atoms with E-state index in [4.69, 9.17) is 9.47 Å². The van der Waals surface area contributed by atoms with Crippen LogP contribution in [0.5, 0.6) is 0 Å². The van der Waals surface area contributed by atoms with Gasteiger partial charge in [0.15, 0.2) is 0 Å². The number of carbonyl (C=O) groups is 1. The molecule has 1 saturated heterocycles. The van der Waals surface area contributed by atoms with Crippen LogP contribution in [0, 0.1) is 5.41 Å². The maximum absolute atomic E-state index is 11.7. The van der Waals surface area contributed by atoms with Gasteiger partial charge in [0.1, 0.15) is 5.41 Å². The first-order chi connectivity index (χ1) is 6.58. The predicted molar refractivity (Wildman–Crippen MR) is 53.0 cm³/mol. The number of carbonyl (C=O) groups excluding carboxylic acids is 1. The van der Waals surface area contributed by atoms with E-state index in [0.717, 1.165) is 6.42 Å². The Labute approximate surface area is 85.2 Å². The molecular formula is C10H19NO3. The van der Waals surface area contributed by atoms with E-state index in [1.165, 1.54) is 7.11 Å². The highest BCUT2D eigenvalue weighted by atomic mass is 16.5. The lowest BCUT2D eigenvalue weighted by Crippen LogP contribution is -2.61. The molecule has 0 radical (unpaired) electrons. The molecule has 1 heterocycles. The topological polar surface area (TPSA) is 38.8 Å². The number of rotatable bonds is 4. The van der Waals surface area contributed by atoms with E-state index in [1.54, 1.807) is 0 Å². The average molecular weight is 201 g/mol. The van der Waals surface area contributed by atoms with Crippen LogP contribution in [0.15, 0.2) is 0 Å². The molecule has 0 aromatic rings. The van der Waals surface area contributed by atoms with Gasteiger partial charge in [-0.05, 0) is 20.5 Å². The summed E-state index contributed by atoms with van der Waals surface area (Å²) < 4.78 is 10.0. The van der Waals surface area contributed by atoms with Crippen LogP contribution < -0.4 is 0 Å². The van der Waals surface area contributed by atoms with Gasteiger partial charge in [-0.25, -0.2) is 0 Å². The van der Waals surface area contributed by atoms with E-state index in [2.05, 4.69) is 11.8 Å². The van der Waals surface area contributed by atoms with Gasteiger partial charge in [0.2, 0.25) is 0 Å².